The van der Waals surface area contributed by atoms with Crippen LogP contribution in [-0.2, 0) is 0 Å². The van der Waals surface area contributed by atoms with Gasteiger partial charge in [0.15, 0.2) is 0 Å². The highest BCUT2D eigenvalue weighted by atomic mass is 35.5. The second-order valence-electron chi connectivity index (χ2n) is 3.54. The summed E-state index contributed by atoms with van der Waals surface area (Å²) in [4.78, 5) is 0. The van der Waals surface area contributed by atoms with E-state index in [1.165, 1.54) is 0 Å². The van der Waals surface area contributed by atoms with E-state index in [2.05, 4.69) is 6.92 Å². The van der Waals surface area contributed by atoms with Crippen LogP contribution in [0.1, 0.15) is 18.4 Å². The van der Waals surface area contributed by atoms with Crippen molar-refractivity contribution in [1.82, 2.24) is 0 Å². The molecule has 1 rings (SSSR count). The van der Waals surface area contributed by atoms with E-state index in [1.807, 2.05) is 24.3 Å². The lowest BCUT2D eigenvalue weighted by molar-refractivity contribution is 0.467. The molecule has 3 heteroatoms. The summed E-state index contributed by atoms with van der Waals surface area (Å²) in [7, 11) is 0. The smallest absolute Gasteiger partial charge is 0.0440 e. The zero-order chi connectivity index (χ0) is 10.6. The first-order valence-corrected chi connectivity index (χ1v) is 5.23. The van der Waals surface area contributed by atoms with Crippen molar-refractivity contribution in [3.63, 3.8) is 0 Å². The maximum absolute atomic E-state index is 6.10. The summed E-state index contributed by atoms with van der Waals surface area (Å²) in [5.74, 6) is 0.619. The number of hydrogen-bond donors (Lipinski definition) is 2. The van der Waals surface area contributed by atoms with Crippen molar-refractivity contribution in [3.8, 4) is 0 Å². The maximum Gasteiger partial charge on any atom is 0.0440 e. The first kappa shape index (κ1) is 11.5. The summed E-state index contributed by atoms with van der Waals surface area (Å²) in [6, 6.07) is 7.85. The molecule has 1 atom stereocenters. The lowest BCUT2D eigenvalue weighted by Crippen LogP contribution is -2.28. The number of benzene rings is 1. The van der Waals surface area contributed by atoms with Crippen LogP contribution in [0, 0.1) is 5.92 Å². The van der Waals surface area contributed by atoms with E-state index in [-0.39, 0.29) is 0 Å². The maximum atomic E-state index is 6.10. The highest BCUT2D eigenvalue weighted by molar-refractivity contribution is 6.31. The third kappa shape index (κ3) is 2.47. The molecule has 78 valence electrons. The molecule has 0 aliphatic carbocycles. The van der Waals surface area contributed by atoms with E-state index >= 15 is 0 Å². The van der Waals surface area contributed by atoms with E-state index in [0.717, 1.165) is 10.6 Å². The molecule has 1 unspecified atom stereocenters. The van der Waals surface area contributed by atoms with Crippen molar-refractivity contribution in [2.75, 3.05) is 13.1 Å². The largest absolute Gasteiger partial charge is 0.330 e. The van der Waals surface area contributed by atoms with Crippen LogP contribution < -0.4 is 11.5 Å². The van der Waals surface area contributed by atoms with Crippen LogP contribution in [-0.4, -0.2) is 13.1 Å². The molecule has 0 aromatic heterocycles. The molecule has 0 saturated heterocycles. The molecule has 0 amide bonds. The fourth-order valence-electron chi connectivity index (χ4n) is 1.60. The third-order valence-corrected chi connectivity index (χ3v) is 3.05. The molecule has 4 N–H and O–H groups in total. The Kier molecular flexibility index (Phi) is 4.39. The Morgan fingerprint density at radius 3 is 2.29 bits per heavy atom. The van der Waals surface area contributed by atoms with Crippen molar-refractivity contribution in [1.29, 1.82) is 0 Å². The van der Waals surface area contributed by atoms with Gasteiger partial charge in [0.1, 0.15) is 0 Å². The monoisotopic (exact) mass is 212 g/mol. The van der Waals surface area contributed by atoms with Crippen LogP contribution in [0.25, 0.3) is 0 Å². The Labute approximate surface area is 90.2 Å². The van der Waals surface area contributed by atoms with Gasteiger partial charge in [-0.1, -0.05) is 36.7 Å². The van der Waals surface area contributed by atoms with Gasteiger partial charge in [-0.3, -0.25) is 0 Å². The Balaban J connectivity index is 2.88. The van der Waals surface area contributed by atoms with Gasteiger partial charge in [-0.2, -0.15) is 0 Å². The molecule has 1 aromatic carbocycles. The number of halogens is 1. The van der Waals surface area contributed by atoms with Gasteiger partial charge in [0, 0.05) is 5.02 Å². The van der Waals surface area contributed by atoms with Crippen molar-refractivity contribution in [3.05, 3.63) is 34.9 Å². The molecule has 0 saturated carbocycles. The molecule has 0 bridgehead atoms. The summed E-state index contributed by atoms with van der Waals surface area (Å²) in [6.07, 6.45) is 0. The summed E-state index contributed by atoms with van der Waals surface area (Å²) in [5, 5.41) is 0.798. The fourth-order valence-corrected chi connectivity index (χ4v) is 1.91. The normalized spacial score (nSPS) is 13.2. The number of hydrogen-bond acceptors (Lipinski definition) is 2. The minimum atomic E-state index is 0.301. The van der Waals surface area contributed by atoms with Crippen molar-refractivity contribution in [2.45, 2.75) is 12.8 Å². The Morgan fingerprint density at radius 1 is 1.21 bits per heavy atom. The fraction of sp³-hybridized carbons (Fsp3) is 0.455. The van der Waals surface area contributed by atoms with Crippen LogP contribution in [0.15, 0.2) is 24.3 Å². The third-order valence-electron chi connectivity index (χ3n) is 2.71. The quantitative estimate of drug-likeness (QED) is 0.802. The summed E-state index contributed by atoms with van der Waals surface area (Å²) < 4.78 is 0. The molecule has 1 aromatic rings. The molecule has 0 heterocycles. The zero-order valence-corrected chi connectivity index (χ0v) is 9.17. The minimum absolute atomic E-state index is 0.301. The molecule has 0 fully saturated rings. The number of rotatable bonds is 4. The lowest BCUT2D eigenvalue weighted by Gasteiger charge is -2.22. The molecule has 0 spiro atoms. The molecule has 14 heavy (non-hydrogen) atoms. The van der Waals surface area contributed by atoms with Gasteiger partial charge in [0.2, 0.25) is 0 Å². The zero-order valence-electron chi connectivity index (χ0n) is 8.41. The van der Waals surface area contributed by atoms with Gasteiger partial charge in [0.25, 0.3) is 0 Å². The Hall–Kier alpha value is -0.570. The van der Waals surface area contributed by atoms with Crippen molar-refractivity contribution in [2.24, 2.45) is 17.4 Å². The van der Waals surface area contributed by atoms with Gasteiger partial charge in [-0.05, 0) is 36.6 Å². The second kappa shape index (κ2) is 5.35. The van der Waals surface area contributed by atoms with E-state index < -0.39 is 0 Å². The van der Waals surface area contributed by atoms with Gasteiger partial charge < -0.3 is 11.5 Å². The van der Waals surface area contributed by atoms with Crippen LogP contribution in [0.4, 0.5) is 0 Å². The van der Waals surface area contributed by atoms with E-state index in [9.17, 15) is 0 Å². The molecular weight excluding hydrogens is 196 g/mol. The van der Waals surface area contributed by atoms with Gasteiger partial charge in [-0.15, -0.1) is 0 Å². The summed E-state index contributed by atoms with van der Waals surface area (Å²) in [6.45, 7) is 3.32. The molecule has 0 aliphatic rings. The summed E-state index contributed by atoms with van der Waals surface area (Å²) in [5.41, 5.74) is 12.4. The Bertz CT molecular complexity index is 284. The van der Waals surface area contributed by atoms with E-state index in [1.54, 1.807) is 0 Å². The van der Waals surface area contributed by atoms with E-state index in [4.69, 9.17) is 23.1 Å². The number of nitrogens with two attached hydrogens (primary N) is 2. The first-order chi connectivity index (χ1) is 6.70. The average Bonchev–Trinajstić information content (AvgIpc) is 2.20. The standard InChI is InChI=1S/C11H17ClN2/c1-8(9(6-13)7-14)10-4-2-3-5-11(10)12/h2-5,8-9H,6-7,13-14H2,1H3. The molecule has 2 nitrogen and oxygen atoms in total. The summed E-state index contributed by atoms with van der Waals surface area (Å²) >= 11 is 6.10. The van der Waals surface area contributed by atoms with Gasteiger partial charge in [-0.25, -0.2) is 0 Å². The Morgan fingerprint density at radius 2 is 1.79 bits per heavy atom. The lowest BCUT2D eigenvalue weighted by atomic mass is 9.88. The van der Waals surface area contributed by atoms with Crippen LogP contribution in [0.2, 0.25) is 5.02 Å². The highest BCUT2D eigenvalue weighted by Gasteiger charge is 2.17. The van der Waals surface area contributed by atoms with Gasteiger partial charge in [0.05, 0.1) is 0 Å². The first-order valence-electron chi connectivity index (χ1n) is 4.85. The molecule has 0 radical (unpaired) electrons. The van der Waals surface area contributed by atoms with Crippen LogP contribution in [0.5, 0.6) is 0 Å². The SMILES string of the molecule is CC(c1ccccc1Cl)C(CN)CN. The van der Waals surface area contributed by atoms with Crippen molar-refractivity contribution >= 4 is 11.6 Å². The van der Waals surface area contributed by atoms with Crippen molar-refractivity contribution < 1.29 is 0 Å². The predicted octanol–water partition coefficient (Wildman–Crippen LogP) is 1.98. The topological polar surface area (TPSA) is 52.0 Å². The molecular formula is C11H17ClN2. The second-order valence-corrected chi connectivity index (χ2v) is 3.95. The van der Waals surface area contributed by atoms with Crippen LogP contribution in [0.3, 0.4) is 0 Å². The highest BCUT2D eigenvalue weighted by Crippen LogP contribution is 2.28. The van der Waals surface area contributed by atoms with E-state index in [0.29, 0.717) is 24.9 Å². The molecule has 0 aliphatic heterocycles. The van der Waals surface area contributed by atoms with Crippen LogP contribution >= 0.6 is 11.6 Å². The average molecular weight is 213 g/mol. The van der Waals surface area contributed by atoms with Gasteiger partial charge >= 0.3 is 0 Å². The predicted molar refractivity (Wildman–Crippen MR) is 61.5 cm³/mol. The minimum Gasteiger partial charge on any atom is -0.330 e.